The van der Waals surface area contributed by atoms with Gasteiger partial charge in [-0.25, -0.2) is 0 Å². The average Bonchev–Trinajstić information content (AvgIpc) is 2.85. The maximum Gasteiger partial charge on any atom is 0.128 e. The molecule has 0 aliphatic rings. The molecule has 0 spiro atoms. The molecule has 2 aromatic rings. The summed E-state index contributed by atoms with van der Waals surface area (Å²) in [5.74, 6) is 1.64. The molecule has 0 fully saturated rings. The topological polar surface area (TPSA) is 60.3 Å². The molecule has 0 saturated carbocycles. The van der Waals surface area contributed by atoms with Gasteiger partial charge in [-0.1, -0.05) is 0 Å². The number of methoxy groups -OCH3 is 1. The minimum atomic E-state index is 0.506. The van der Waals surface area contributed by atoms with Gasteiger partial charge in [0.25, 0.3) is 0 Å². The Morgan fingerprint density at radius 1 is 1.00 bits per heavy atom. The van der Waals surface area contributed by atoms with Crippen molar-refractivity contribution in [2.45, 2.75) is 13.2 Å². The summed E-state index contributed by atoms with van der Waals surface area (Å²) in [6, 6.07) is 11.4. The molecule has 0 unspecified atom stereocenters. The first-order chi connectivity index (χ1) is 8.31. The summed E-state index contributed by atoms with van der Waals surface area (Å²) in [7, 11) is 1.64. The molecule has 4 heteroatoms. The highest BCUT2D eigenvalue weighted by atomic mass is 16.5. The lowest BCUT2D eigenvalue weighted by Crippen LogP contribution is -1.99. The molecule has 1 heterocycles. The Hall–Kier alpha value is -1.94. The second-order valence-corrected chi connectivity index (χ2v) is 3.68. The number of nitrogens with two attached hydrogens (primary N) is 1. The number of benzene rings is 1. The predicted octanol–water partition coefficient (Wildman–Crippen LogP) is 2.06. The SMILES string of the molecule is COc1ccc(OCc2ccc(CN)[nH]2)cc1. The van der Waals surface area contributed by atoms with Crippen LogP contribution in [0.3, 0.4) is 0 Å². The zero-order chi connectivity index (χ0) is 12.1. The number of ether oxygens (including phenoxy) is 2. The standard InChI is InChI=1S/C13H16N2O2/c1-16-12-4-6-13(7-5-12)17-9-11-3-2-10(8-14)15-11/h2-7,15H,8-9,14H2,1H3. The van der Waals surface area contributed by atoms with E-state index < -0.39 is 0 Å². The second-order valence-electron chi connectivity index (χ2n) is 3.68. The van der Waals surface area contributed by atoms with Crippen molar-refractivity contribution in [3.05, 3.63) is 47.8 Å². The van der Waals surface area contributed by atoms with E-state index in [9.17, 15) is 0 Å². The molecule has 17 heavy (non-hydrogen) atoms. The molecule has 1 aromatic carbocycles. The highest BCUT2D eigenvalue weighted by Crippen LogP contribution is 2.18. The van der Waals surface area contributed by atoms with Crippen LogP contribution >= 0.6 is 0 Å². The van der Waals surface area contributed by atoms with Crippen LogP contribution in [0.2, 0.25) is 0 Å². The molecule has 0 aliphatic carbocycles. The molecule has 3 N–H and O–H groups in total. The summed E-state index contributed by atoms with van der Waals surface area (Å²) in [5, 5.41) is 0. The van der Waals surface area contributed by atoms with Gasteiger partial charge in [0.15, 0.2) is 0 Å². The van der Waals surface area contributed by atoms with Gasteiger partial charge in [0.1, 0.15) is 18.1 Å². The molecular weight excluding hydrogens is 216 g/mol. The van der Waals surface area contributed by atoms with Crippen molar-refractivity contribution in [1.82, 2.24) is 4.98 Å². The fourth-order valence-corrected chi connectivity index (χ4v) is 1.53. The lowest BCUT2D eigenvalue weighted by molar-refractivity contribution is 0.301. The summed E-state index contributed by atoms with van der Waals surface area (Å²) in [5.41, 5.74) is 7.54. The fourth-order valence-electron chi connectivity index (χ4n) is 1.53. The molecule has 0 bridgehead atoms. The first kappa shape index (κ1) is 11.5. The lowest BCUT2D eigenvalue weighted by Gasteiger charge is -2.05. The quantitative estimate of drug-likeness (QED) is 0.829. The van der Waals surface area contributed by atoms with Gasteiger partial charge in [0.05, 0.1) is 12.8 Å². The van der Waals surface area contributed by atoms with Gasteiger partial charge in [0.2, 0.25) is 0 Å². The van der Waals surface area contributed by atoms with Crippen molar-refractivity contribution < 1.29 is 9.47 Å². The van der Waals surface area contributed by atoms with E-state index in [0.717, 1.165) is 22.9 Å². The third-order valence-corrected chi connectivity index (χ3v) is 2.48. The Morgan fingerprint density at radius 3 is 2.24 bits per heavy atom. The summed E-state index contributed by atoms with van der Waals surface area (Å²) in [6.45, 7) is 1.02. The normalized spacial score (nSPS) is 10.2. The van der Waals surface area contributed by atoms with Gasteiger partial charge in [-0.2, -0.15) is 0 Å². The molecule has 2 rings (SSSR count). The van der Waals surface area contributed by atoms with Crippen molar-refractivity contribution in [3.8, 4) is 11.5 Å². The van der Waals surface area contributed by atoms with Gasteiger partial charge < -0.3 is 20.2 Å². The van der Waals surface area contributed by atoms with E-state index in [2.05, 4.69) is 4.98 Å². The highest BCUT2D eigenvalue weighted by molar-refractivity contribution is 5.31. The molecule has 0 amide bonds. The number of nitrogens with one attached hydrogen (secondary N) is 1. The van der Waals surface area contributed by atoms with Crippen LogP contribution in [0.1, 0.15) is 11.4 Å². The Balaban J connectivity index is 1.92. The Labute approximate surface area is 100 Å². The van der Waals surface area contributed by atoms with Gasteiger partial charge in [-0.3, -0.25) is 0 Å². The number of aromatic amines is 1. The third kappa shape index (κ3) is 3.01. The van der Waals surface area contributed by atoms with Gasteiger partial charge in [-0.15, -0.1) is 0 Å². The molecule has 0 atom stereocenters. The number of hydrogen-bond donors (Lipinski definition) is 2. The third-order valence-electron chi connectivity index (χ3n) is 2.48. The van der Waals surface area contributed by atoms with Crippen LogP contribution in [0.5, 0.6) is 11.5 Å². The van der Waals surface area contributed by atoms with Crippen molar-refractivity contribution in [1.29, 1.82) is 0 Å². The molecule has 1 aromatic heterocycles. The lowest BCUT2D eigenvalue weighted by atomic mass is 10.3. The number of rotatable bonds is 5. The number of H-pyrrole nitrogens is 1. The smallest absolute Gasteiger partial charge is 0.128 e. The Bertz CT molecular complexity index is 463. The van der Waals surface area contributed by atoms with Gasteiger partial charge in [-0.05, 0) is 36.4 Å². The summed E-state index contributed by atoms with van der Waals surface area (Å²) in [4.78, 5) is 3.18. The van der Waals surface area contributed by atoms with Gasteiger partial charge in [0, 0.05) is 12.2 Å². The largest absolute Gasteiger partial charge is 0.497 e. The average molecular weight is 232 g/mol. The monoisotopic (exact) mass is 232 g/mol. The maximum absolute atomic E-state index is 5.62. The molecule has 0 aliphatic heterocycles. The number of aromatic nitrogens is 1. The highest BCUT2D eigenvalue weighted by Gasteiger charge is 1.99. The van der Waals surface area contributed by atoms with Crippen LogP contribution in [0.15, 0.2) is 36.4 Å². The minimum Gasteiger partial charge on any atom is -0.497 e. The van der Waals surface area contributed by atoms with E-state index >= 15 is 0 Å². The van der Waals surface area contributed by atoms with Crippen LogP contribution < -0.4 is 15.2 Å². The van der Waals surface area contributed by atoms with E-state index in [0.29, 0.717) is 13.2 Å². The predicted molar refractivity (Wildman–Crippen MR) is 66.0 cm³/mol. The molecule has 0 saturated heterocycles. The Morgan fingerprint density at radius 2 is 1.65 bits per heavy atom. The first-order valence-electron chi connectivity index (χ1n) is 5.45. The molecule has 90 valence electrons. The van der Waals surface area contributed by atoms with Crippen molar-refractivity contribution in [2.24, 2.45) is 5.73 Å². The van der Waals surface area contributed by atoms with Gasteiger partial charge >= 0.3 is 0 Å². The maximum atomic E-state index is 5.62. The van der Waals surface area contributed by atoms with E-state index in [1.807, 2.05) is 36.4 Å². The molecular formula is C13H16N2O2. The zero-order valence-corrected chi connectivity index (χ0v) is 9.77. The Kier molecular flexibility index (Phi) is 3.67. The van der Waals surface area contributed by atoms with E-state index in [-0.39, 0.29) is 0 Å². The summed E-state index contributed by atoms with van der Waals surface area (Å²) >= 11 is 0. The fraction of sp³-hybridized carbons (Fsp3) is 0.231. The molecule has 4 nitrogen and oxygen atoms in total. The first-order valence-corrected chi connectivity index (χ1v) is 5.45. The molecule has 0 radical (unpaired) electrons. The van der Waals surface area contributed by atoms with E-state index in [1.54, 1.807) is 7.11 Å². The van der Waals surface area contributed by atoms with Crippen LogP contribution in [-0.4, -0.2) is 12.1 Å². The minimum absolute atomic E-state index is 0.506. The summed E-state index contributed by atoms with van der Waals surface area (Å²) < 4.78 is 10.7. The van der Waals surface area contributed by atoms with E-state index in [1.165, 1.54) is 0 Å². The van der Waals surface area contributed by atoms with Crippen molar-refractivity contribution >= 4 is 0 Å². The van der Waals surface area contributed by atoms with Crippen LogP contribution in [-0.2, 0) is 13.2 Å². The summed E-state index contributed by atoms with van der Waals surface area (Å²) in [6.07, 6.45) is 0. The van der Waals surface area contributed by atoms with Crippen LogP contribution in [0.25, 0.3) is 0 Å². The van der Waals surface area contributed by atoms with Crippen molar-refractivity contribution in [2.75, 3.05) is 7.11 Å². The van der Waals surface area contributed by atoms with Crippen molar-refractivity contribution in [3.63, 3.8) is 0 Å². The van der Waals surface area contributed by atoms with E-state index in [4.69, 9.17) is 15.2 Å². The second kappa shape index (κ2) is 5.41. The number of hydrogen-bond acceptors (Lipinski definition) is 3. The van der Waals surface area contributed by atoms with Crippen LogP contribution in [0.4, 0.5) is 0 Å². The zero-order valence-electron chi connectivity index (χ0n) is 9.77. The van der Waals surface area contributed by atoms with Crippen LogP contribution in [0, 0.1) is 0 Å².